The topological polar surface area (TPSA) is 16.8 Å². The fourth-order valence-corrected chi connectivity index (χ4v) is 7.58. The van der Waals surface area contributed by atoms with Gasteiger partial charge in [0.2, 0.25) is 0 Å². The van der Waals surface area contributed by atoms with Crippen LogP contribution in [0.15, 0.2) is 122 Å². The first-order chi connectivity index (χ1) is 32.1. The van der Waals surface area contributed by atoms with Gasteiger partial charge in [0.1, 0.15) is 6.15 Å². The van der Waals surface area contributed by atoms with Crippen LogP contribution < -0.4 is 26.4 Å². The zero-order valence-electron chi connectivity index (χ0n) is 34.2. The van der Waals surface area contributed by atoms with E-state index >= 15 is 0 Å². The predicted octanol–water partition coefficient (Wildman–Crippen LogP) is 13.3. The van der Waals surface area contributed by atoms with Crippen LogP contribution in [0.5, 0.6) is 0 Å². The van der Waals surface area contributed by atoms with Crippen molar-refractivity contribution in [3.8, 4) is 0 Å². The fourth-order valence-electron chi connectivity index (χ4n) is 7.37. The second-order valence-electron chi connectivity index (χ2n) is 15.3. The van der Waals surface area contributed by atoms with Gasteiger partial charge in [0.15, 0.2) is 18.9 Å². The molecule has 0 unspecified atom stereocenters. The minimum Gasteiger partial charge on any atom is -0.252 e. The zero-order chi connectivity index (χ0) is 53.7. The van der Waals surface area contributed by atoms with E-state index in [1.165, 1.54) is 5.56 Å². The highest BCUT2D eigenvalue weighted by atomic mass is 35.5. The number of hydrogen-bond acceptors (Lipinski definition) is 1. The highest BCUT2D eigenvalue weighted by Gasteiger charge is 2.47. The van der Waals surface area contributed by atoms with Crippen LogP contribution in [-0.4, -0.2) is 11.1 Å². The third-order valence-electron chi connectivity index (χ3n) is 10.4. The number of aromatic nitrogens is 2. The molecule has 5 aromatic carbocycles. The lowest BCUT2D eigenvalue weighted by Gasteiger charge is -2.46. The fraction of sp³-hybridized carbons (Fsp3) is 0.209. The van der Waals surface area contributed by atoms with Crippen molar-refractivity contribution in [2.24, 2.45) is 0 Å². The Kier molecular flexibility index (Phi) is 15.0. The molecule has 0 aliphatic heterocycles. The summed E-state index contributed by atoms with van der Waals surface area (Å²) < 4.78 is 343. The van der Waals surface area contributed by atoms with Gasteiger partial charge in [-0.15, -0.1) is 0 Å². The van der Waals surface area contributed by atoms with Crippen LogP contribution >= 0.6 is 11.6 Å². The summed E-state index contributed by atoms with van der Waals surface area (Å²) in [5.41, 5.74) is -29.0. The van der Waals surface area contributed by atoms with E-state index in [1.54, 1.807) is 12.4 Å². The van der Waals surface area contributed by atoms with E-state index in [9.17, 15) is 105 Å². The van der Waals surface area contributed by atoms with Crippen LogP contribution in [-0.2, 0) is 56.0 Å². The van der Waals surface area contributed by atoms with Crippen molar-refractivity contribution in [1.82, 2.24) is 4.98 Å². The maximum absolute atomic E-state index is 14.2. The normalized spacial score (nSPS) is 13.5. The van der Waals surface area contributed by atoms with E-state index in [0.717, 1.165) is 11.6 Å². The summed E-state index contributed by atoms with van der Waals surface area (Å²) in [5, 5.41) is 0.775. The Morgan fingerprint density at radius 2 is 0.592 bits per heavy atom. The second kappa shape index (κ2) is 19.1. The number of hydrogen-bond donors (Lipinski definition) is 0. The van der Waals surface area contributed by atoms with Crippen molar-refractivity contribution in [2.75, 3.05) is 0 Å². The quantitative estimate of drug-likeness (QED) is 0.0923. The van der Waals surface area contributed by atoms with Crippen molar-refractivity contribution in [1.29, 1.82) is 0 Å². The van der Waals surface area contributed by atoms with Crippen LogP contribution in [0.2, 0.25) is 5.02 Å². The van der Waals surface area contributed by atoms with Gasteiger partial charge in [-0.25, -0.2) is 0 Å². The molecule has 71 heavy (non-hydrogen) atoms. The average Bonchev–Trinajstić information content (AvgIpc) is 3.22. The first-order valence-corrected chi connectivity index (χ1v) is 19.4. The number of alkyl halides is 24. The van der Waals surface area contributed by atoms with E-state index in [0.29, 0.717) is 0 Å². The molecular formula is C43H22BClF24N2. The Labute approximate surface area is 387 Å². The Morgan fingerprint density at radius 1 is 0.352 bits per heavy atom. The van der Waals surface area contributed by atoms with Crippen LogP contribution in [0.4, 0.5) is 105 Å². The Balaban J connectivity index is 0.000000569. The van der Waals surface area contributed by atoms with Gasteiger partial charge in [-0.05, 0) is 36.4 Å². The van der Waals surface area contributed by atoms with Gasteiger partial charge in [0.05, 0.1) is 56.9 Å². The van der Waals surface area contributed by atoms with Gasteiger partial charge in [-0.2, -0.15) is 132 Å². The molecule has 0 amide bonds. The molecule has 0 saturated carbocycles. The molecule has 6 rings (SSSR count). The molecule has 0 atom stereocenters. The zero-order valence-corrected chi connectivity index (χ0v) is 34.9. The lowest BCUT2D eigenvalue weighted by Crippen LogP contribution is -2.75. The van der Waals surface area contributed by atoms with E-state index in [2.05, 4.69) is 15.6 Å². The van der Waals surface area contributed by atoms with Gasteiger partial charge in [0.25, 0.3) is 0 Å². The maximum atomic E-state index is 14.2. The molecule has 28 heteroatoms. The summed E-state index contributed by atoms with van der Waals surface area (Å²) in [6.07, 6.45) is -47.4. The summed E-state index contributed by atoms with van der Waals surface area (Å²) in [7, 11) is 0. The lowest BCUT2D eigenvalue weighted by atomic mass is 9.12. The molecule has 1 aromatic heterocycles. The number of benzene rings is 5. The SMILES string of the molecule is Clc1cccc(C[n+]2ccncc2)c1.FC(F)(F)c1cc([B-](c2cc(C(F)(F)F)cc(C(F)(F)F)c2)(c2cc(C(F)(F)F)cc(C(F)(F)F)c2)c2cc(C(F)(F)F)cc(C(F)(F)F)c2)cc(C(F)(F)F)c1. The van der Waals surface area contributed by atoms with Crippen molar-refractivity contribution < 1.29 is 110 Å². The smallest absolute Gasteiger partial charge is 0.252 e. The van der Waals surface area contributed by atoms with Gasteiger partial charge in [0, 0.05) is 10.6 Å². The Bertz CT molecular complexity index is 2420. The van der Waals surface area contributed by atoms with Crippen molar-refractivity contribution >= 4 is 39.6 Å². The molecule has 1 heterocycles. The summed E-state index contributed by atoms with van der Waals surface area (Å²) in [4.78, 5) is 3.96. The first-order valence-electron chi connectivity index (χ1n) is 19.0. The van der Waals surface area contributed by atoms with Crippen molar-refractivity contribution in [3.05, 3.63) is 177 Å². The monoisotopic (exact) mass is 1070 g/mol. The predicted molar refractivity (Wildman–Crippen MR) is 205 cm³/mol. The molecule has 0 fully saturated rings. The van der Waals surface area contributed by atoms with Gasteiger partial charge < -0.3 is 0 Å². The molecule has 0 aliphatic rings. The van der Waals surface area contributed by atoms with Crippen LogP contribution in [0, 0.1) is 0 Å². The number of halogens is 25. The molecule has 0 bridgehead atoms. The van der Waals surface area contributed by atoms with Gasteiger partial charge >= 0.3 is 49.4 Å². The highest BCUT2D eigenvalue weighted by molar-refractivity contribution is 7.20. The summed E-state index contributed by atoms with van der Waals surface area (Å²) >= 11 is 5.89. The van der Waals surface area contributed by atoms with E-state index in [4.69, 9.17) is 11.6 Å². The molecule has 2 nitrogen and oxygen atoms in total. The van der Waals surface area contributed by atoms with Crippen LogP contribution in [0.25, 0.3) is 0 Å². The van der Waals surface area contributed by atoms with E-state index in [1.807, 2.05) is 30.6 Å². The molecule has 6 aromatic rings. The molecule has 0 N–H and O–H groups in total. The molecule has 0 spiro atoms. The lowest BCUT2D eigenvalue weighted by molar-refractivity contribution is -0.688. The third kappa shape index (κ3) is 13.2. The maximum Gasteiger partial charge on any atom is 0.416 e. The molecule has 382 valence electrons. The van der Waals surface area contributed by atoms with Crippen LogP contribution in [0.3, 0.4) is 0 Å². The summed E-state index contributed by atoms with van der Waals surface area (Å²) in [5.74, 6) is 0. The highest BCUT2D eigenvalue weighted by Crippen LogP contribution is 2.41. The molecular weight excluding hydrogens is 1050 g/mol. The van der Waals surface area contributed by atoms with E-state index < -0.39 is 195 Å². The van der Waals surface area contributed by atoms with Gasteiger partial charge in [-0.1, -0.05) is 72.3 Å². The second-order valence-corrected chi connectivity index (χ2v) is 15.7. The summed E-state index contributed by atoms with van der Waals surface area (Å²) in [6.45, 7) is 0.822. The summed E-state index contributed by atoms with van der Waals surface area (Å²) in [6, 6.07) is -0.953. The van der Waals surface area contributed by atoms with E-state index in [-0.39, 0.29) is 0 Å². The van der Waals surface area contributed by atoms with Crippen LogP contribution in [0.1, 0.15) is 50.1 Å². The number of nitrogens with zero attached hydrogens (tertiary/aromatic N) is 2. The largest absolute Gasteiger partial charge is 0.416 e. The standard InChI is InChI=1S/C32H12BF24.C11H10ClN2/c34-25(35,36)13-1-14(26(37,38)39)6-21(5-13)33(22-7-15(27(40,41)42)2-16(8-22)28(43,44)45,23-9-17(29(46,47)48)3-18(10-23)30(49,50)51)24-11-19(31(52,53)54)4-20(12-24)32(55,56)57;12-11-3-1-2-10(8-11)9-14-6-4-13-5-7-14/h1-12H;1-8H,9H2/q-1;+1. The number of rotatable bonds is 6. The molecule has 0 aliphatic carbocycles. The third-order valence-corrected chi connectivity index (χ3v) is 10.6. The van der Waals surface area contributed by atoms with Crippen molar-refractivity contribution in [3.63, 3.8) is 0 Å². The Hall–Kier alpha value is -6.15. The minimum atomic E-state index is -6.13. The Morgan fingerprint density at radius 3 is 0.803 bits per heavy atom. The van der Waals surface area contributed by atoms with Crippen molar-refractivity contribution in [2.45, 2.75) is 56.0 Å². The minimum absolute atomic E-state index is 0.691. The molecule has 0 radical (unpaired) electrons. The van der Waals surface area contributed by atoms with Gasteiger partial charge in [-0.3, -0.25) is 4.98 Å². The molecule has 0 saturated heterocycles. The first kappa shape index (κ1) is 55.8. The average molecular weight is 1070 g/mol.